The zero-order valence-electron chi connectivity index (χ0n) is 12.3. The summed E-state index contributed by atoms with van der Waals surface area (Å²) in [4.78, 5) is 0. The van der Waals surface area contributed by atoms with E-state index in [0.717, 1.165) is 13.1 Å². The first-order chi connectivity index (χ1) is 9.15. The van der Waals surface area contributed by atoms with Crippen LogP contribution in [0.5, 0.6) is 0 Å². The van der Waals surface area contributed by atoms with Crippen LogP contribution in [-0.2, 0) is 6.54 Å². The molecule has 1 N–H and O–H groups in total. The van der Waals surface area contributed by atoms with Crippen molar-refractivity contribution in [1.82, 2.24) is 15.1 Å². The molecular formula is C16H23N3. The highest BCUT2D eigenvalue weighted by Crippen LogP contribution is 2.25. The Morgan fingerprint density at radius 1 is 1.26 bits per heavy atom. The summed E-state index contributed by atoms with van der Waals surface area (Å²) in [6.45, 7) is 10.4. The number of hydrogen-bond acceptors (Lipinski definition) is 2. The molecule has 0 spiro atoms. The van der Waals surface area contributed by atoms with Gasteiger partial charge in [-0.25, -0.2) is 0 Å². The molecule has 1 aromatic carbocycles. The Morgan fingerprint density at radius 2 is 2.05 bits per heavy atom. The zero-order valence-corrected chi connectivity index (χ0v) is 12.3. The summed E-state index contributed by atoms with van der Waals surface area (Å²) >= 11 is 0. The monoisotopic (exact) mass is 257 g/mol. The lowest BCUT2D eigenvalue weighted by Crippen LogP contribution is -2.22. The highest BCUT2D eigenvalue weighted by molar-refractivity contribution is 5.37. The first-order valence-electron chi connectivity index (χ1n) is 6.98. The van der Waals surface area contributed by atoms with Gasteiger partial charge in [0.15, 0.2) is 0 Å². The number of nitrogens with one attached hydrogen (secondary N) is 1. The van der Waals surface area contributed by atoms with Crippen LogP contribution < -0.4 is 5.32 Å². The van der Waals surface area contributed by atoms with Crippen LogP contribution in [0, 0.1) is 13.8 Å². The van der Waals surface area contributed by atoms with Gasteiger partial charge in [0.1, 0.15) is 0 Å². The molecule has 0 saturated heterocycles. The van der Waals surface area contributed by atoms with Crippen LogP contribution in [0.2, 0.25) is 0 Å². The molecule has 1 atom stereocenters. The molecule has 102 valence electrons. The van der Waals surface area contributed by atoms with Crippen LogP contribution >= 0.6 is 0 Å². The fourth-order valence-corrected chi connectivity index (χ4v) is 2.46. The summed E-state index contributed by atoms with van der Waals surface area (Å²) in [5.74, 6) is 0. The van der Waals surface area contributed by atoms with Crippen molar-refractivity contribution < 1.29 is 0 Å². The number of nitrogens with zero attached hydrogens (tertiary/aromatic N) is 2. The number of aromatic nitrogens is 2. The lowest BCUT2D eigenvalue weighted by atomic mass is 9.95. The van der Waals surface area contributed by atoms with Crippen molar-refractivity contribution in [2.24, 2.45) is 0 Å². The van der Waals surface area contributed by atoms with Crippen molar-refractivity contribution in [2.75, 3.05) is 6.54 Å². The van der Waals surface area contributed by atoms with Gasteiger partial charge in [-0.05, 0) is 38.4 Å². The molecule has 0 aliphatic heterocycles. The third kappa shape index (κ3) is 3.04. The van der Waals surface area contributed by atoms with E-state index < -0.39 is 0 Å². The van der Waals surface area contributed by atoms with Crippen LogP contribution in [0.4, 0.5) is 0 Å². The van der Waals surface area contributed by atoms with Crippen molar-refractivity contribution in [2.45, 2.75) is 40.3 Å². The van der Waals surface area contributed by atoms with Gasteiger partial charge in [-0.2, -0.15) is 5.10 Å². The summed E-state index contributed by atoms with van der Waals surface area (Å²) < 4.78 is 1.98. The van der Waals surface area contributed by atoms with Crippen molar-refractivity contribution in [3.63, 3.8) is 0 Å². The second-order valence-corrected chi connectivity index (χ2v) is 4.98. The molecule has 19 heavy (non-hydrogen) atoms. The largest absolute Gasteiger partial charge is 0.306 e. The van der Waals surface area contributed by atoms with Crippen LogP contribution in [0.25, 0.3) is 0 Å². The predicted octanol–water partition coefficient (Wildman–Crippen LogP) is 3.22. The van der Waals surface area contributed by atoms with Crippen LogP contribution in [0.3, 0.4) is 0 Å². The number of rotatable bonds is 5. The first-order valence-corrected chi connectivity index (χ1v) is 6.98. The van der Waals surface area contributed by atoms with Gasteiger partial charge in [-0.3, -0.25) is 4.68 Å². The summed E-state index contributed by atoms with van der Waals surface area (Å²) in [5, 5.41) is 7.95. The maximum Gasteiger partial charge on any atom is 0.0610 e. The summed E-state index contributed by atoms with van der Waals surface area (Å²) in [6, 6.07) is 6.87. The molecule has 0 aliphatic rings. The molecule has 0 fully saturated rings. The van der Waals surface area contributed by atoms with Gasteiger partial charge in [-0.1, -0.05) is 30.7 Å². The Balaban J connectivity index is 2.38. The zero-order chi connectivity index (χ0) is 13.8. The molecule has 3 heteroatoms. The molecule has 1 aromatic heterocycles. The van der Waals surface area contributed by atoms with Crippen molar-refractivity contribution in [3.05, 3.63) is 52.8 Å². The van der Waals surface area contributed by atoms with E-state index in [1.54, 1.807) is 0 Å². The van der Waals surface area contributed by atoms with Gasteiger partial charge in [0.25, 0.3) is 0 Å². The normalized spacial score (nSPS) is 12.6. The average molecular weight is 257 g/mol. The van der Waals surface area contributed by atoms with E-state index in [1.165, 1.54) is 22.3 Å². The van der Waals surface area contributed by atoms with Crippen LogP contribution in [0.15, 0.2) is 30.6 Å². The molecule has 0 amide bonds. The Kier molecular flexibility index (Phi) is 4.38. The highest BCUT2D eigenvalue weighted by Gasteiger charge is 2.16. The molecule has 1 unspecified atom stereocenters. The van der Waals surface area contributed by atoms with Gasteiger partial charge < -0.3 is 5.32 Å². The van der Waals surface area contributed by atoms with Crippen molar-refractivity contribution in [1.29, 1.82) is 0 Å². The third-order valence-electron chi connectivity index (χ3n) is 3.46. The average Bonchev–Trinajstić information content (AvgIpc) is 2.85. The van der Waals surface area contributed by atoms with Gasteiger partial charge in [0.05, 0.1) is 12.2 Å². The van der Waals surface area contributed by atoms with Gasteiger partial charge in [-0.15, -0.1) is 0 Å². The molecular weight excluding hydrogens is 234 g/mol. The van der Waals surface area contributed by atoms with E-state index in [0.29, 0.717) is 0 Å². The standard InChI is InChI=1S/C16H23N3/c1-5-17-16(14-10-18-19(6-2)11-14)15-8-7-12(3)9-13(15)4/h7-11,16-17H,5-6H2,1-4H3. The molecule has 2 rings (SSSR count). The molecule has 0 aliphatic carbocycles. The Bertz CT molecular complexity index is 543. The quantitative estimate of drug-likeness (QED) is 0.891. The van der Waals surface area contributed by atoms with E-state index in [4.69, 9.17) is 0 Å². The molecule has 0 bridgehead atoms. The second kappa shape index (κ2) is 6.02. The summed E-state index contributed by atoms with van der Waals surface area (Å²) in [7, 11) is 0. The number of hydrogen-bond donors (Lipinski definition) is 1. The fourth-order valence-electron chi connectivity index (χ4n) is 2.46. The molecule has 0 radical (unpaired) electrons. The van der Waals surface area contributed by atoms with Crippen molar-refractivity contribution >= 4 is 0 Å². The summed E-state index contributed by atoms with van der Waals surface area (Å²) in [5.41, 5.74) is 5.20. The smallest absolute Gasteiger partial charge is 0.0610 e. The van der Waals surface area contributed by atoms with Crippen LogP contribution in [0.1, 0.15) is 42.1 Å². The van der Waals surface area contributed by atoms with Crippen molar-refractivity contribution in [3.8, 4) is 0 Å². The van der Waals surface area contributed by atoms with E-state index in [9.17, 15) is 0 Å². The van der Waals surface area contributed by atoms with E-state index in [2.05, 4.69) is 62.5 Å². The minimum absolute atomic E-state index is 0.228. The summed E-state index contributed by atoms with van der Waals surface area (Å²) in [6.07, 6.45) is 4.10. The first kappa shape index (κ1) is 13.8. The van der Waals surface area contributed by atoms with E-state index in [-0.39, 0.29) is 6.04 Å². The second-order valence-electron chi connectivity index (χ2n) is 4.98. The molecule has 3 nitrogen and oxygen atoms in total. The topological polar surface area (TPSA) is 29.9 Å². The predicted molar refractivity (Wildman–Crippen MR) is 79.3 cm³/mol. The van der Waals surface area contributed by atoms with Gasteiger partial charge >= 0.3 is 0 Å². The maximum absolute atomic E-state index is 4.39. The highest BCUT2D eigenvalue weighted by atomic mass is 15.3. The molecule has 1 heterocycles. The maximum atomic E-state index is 4.39. The number of aryl methyl sites for hydroxylation is 3. The lowest BCUT2D eigenvalue weighted by molar-refractivity contribution is 0.622. The Labute approximate surface area is 115 Å². The minimum atomic E-state index is 0.228. The third-order valence-corrected chi connectivity index (χ3v) is 3.46. The lowest BCUT2D eigenvalue weighted by Gasteiger charge is -2.19. The molecule has 2 aromatic rings. The van der Waals surface area contributed by atoms with E-state index in [1.807, 2.05) is 10.9 Å². The van der Waals surface area contributed by atoms with E-state index >= 15 is 0 Å². The fraction of sp³-hybridized carbons (Fsp3) is 0.438. The SMILES string of the molecule is CCNC(c1cnn(CC)c1)c1ccc(C)cc1C. The molecule has 0 saturated carbocycles. The van der Waals surface area contributed by atoms with Crippen LogP contribution in [-0.4, -0.2) is 16.3 Å². The number of benzene rings is 1. The van der Waals surface area contributed by atoms with Gasteiger partial charge in [0, 0.05) is 18.3 Å². The van der Waals surface area contributed by atoms with Gasteiger partial charge in [0.2, 0.25) is 0 Å². The minimum Gasteiger partial charge on any atom is -0.306 e. The Morgan fingerprint density at radius 3 is 2.63 bits per heavy atom. The Hall–Kier alpha value is -1.61.